The molecule has 5 heteroatoms. The minimum absolute atomic E-state index is 0.00885. The van der Waals surface area contributed by atoms with Gasteiger partial charge in [-0.2, -0.15) is 0 Å². The molecule has 0 aliphatic heterocycles. The number of fused-ring (bicyclic) bond motifs is 1. The van der Waals surface area contributed by atoms with Crippen molar-refractivity contribution in [3.8, 4) is 0 Å². The predicted octanol–water partition coefficient (Wildman–Crippen LogP) is 4.41. The van der Waals surface area contributed by atoms with Crippen LogP contribution in [0.2, 0.25) is 0 Å². The third-order valence-corrected chi connectivity index (χ3v) is 5.63. The summed E-state index contributed by atoms with van der Waals surface area (Å²) >= 11 is 5.25. The van der Waals surface area contributed by atoms with Gasteiger partial charge in [-0.15, -0.1) is 11.3 Å². The van der Waals surface area contributed by atoms with Crippen LogP contribution in [0, 0.1) is 13.8 Å². The molecule has 1 aromatic carbocycles. The van der Waals surface area contributed by atoms with Crippen molar-refractivity contribution in [1.29, 1.82) is 0 Å². The Labute approximate surface area is 136 Å². The summed E-state index contributed by atoms with van der Waals surface area (Å²) in [6.45, 7) is 6.30. The van der Waals surface area contributed by atoms with Gasteiger partial charge in [0.2, 0.25) is 0 Å². The van der Waals surface area contributed by atoms with Crippen molar-refractivity contribution in [1.82, 2.24) is 9.55 Å². The van der Waals surface area contributed by atoms with Crippen molar-refractivity contribution in [3.05, 3.63) is 50.4 Å². The average Bonchev–Trinajstić information content (AvgIpc) is 2.99. The van der Waals surface area contributed by atoms with Gasteiger partial charge in [-0.05, 0) is 66.0 Å². The number of halogens is 1. The van der Waals surface area contributed by atoms with E-state index in [1.54, 1.807) is 11.3 Å². The van der Waals surface area contributed by atoms with Gasteiger partial charge >= 0.3 is 0 Å². The van der Waals surface area contributed by atoms with Gasteiger partial charge in [-0.1, -0.05) is 0 Å². The highest BCUT2D eigenvalue weighted by molar-refractivity contribution is 9.10. The Bertz CT molecular complexity index is 788. The molecule has 0 aliphatic rings. The van der Waals surface area contributed by atoms with E-state index in [-0.39, 0.29) is 12.1 Å². The number of nitrogens with two attached hydrogens (primary N) is 1. The van der Waals surface area contributed by atoms with Gasteiger partial charge in [0.05, 0.1) is 23.4 Å². The molecular weight excluding hydrogens is 346 g/mol. The summed E-state index contributed by atoms with van der Waals surface area (Å²) in [4.78, 5) is 5.80. The van der Waals surface area contributed by atoms with Gasteiger partial charge in [-0.3, -0.25) is 0 Å². The Morgan fingerprint density at radius 3 is 2.57 bits per heavy atom. The Morgan fingerprint density at radius 1 is 1.24 bits per heavy atom. The maximum absolute atomic E-state index is 6.27. The standard InChI is InChI=1S/C16H18BrN3S/c1-9-4-13-14(5-10(9)2)20(8-19-13)16(11(3)18)15-6-12(17)7-21-15/h4-8,11,16H,18H2,1-3H3. The van der Waals surface area contributed by atoms with E-state index in [4.69, 9.17) is 5.73 Å². The molecule has 2 aromatic heterocycles. The molecule has 3 rings (SSSR count). The van der Waals surface area contributed by atoms with Crippen LogP contribution >= 0.6 is 27.3 Å². The molecule has 2 heterocycles. The zero-order valence-electron chi connectivity index (χ0n) is 12.3. The predicted molar refractivity (Wildman–Crippen MR) is 93.0 cm³/mol. The van der Waals surface area contributed by atoms with Crippen LogP contribution in [-0.2, 0) is 0 Å². The van der Waals surface area contributed by atoms with Crippen molar-refractivity contribution in [2.45, 2.75) is 32.9 Å². The van der Waals surface area contributed by atoms with E-state index in [1.165, 1.54) is 16.0 Å². The lowest BCUT2D eigenvalue weighted by molar-refractivity contribution is 0.514. The van der Waals surface area contributed by atoms with E-state index in [9.17, 15) is 0 Å². The fourth-order valence-electron chi connectivity index (χ4n) is 2.64. The van der Waals surface area contributed by atoms with E-state index in [1.807, 2.05) is 13.3 Å². The van der Waals surface area contributed by atoms with Crippen LogP contribution in [0.3, 0.4) is 0 Å². The summed E-state index contributed by atoms with van der Waals surface area (Å²) in [6.07, 6.45) is 1.91. The quantitative estimate of drug-likeness (QED) is 0.748. The summed E-state index contributed by atoms with van der Waals surface area (Å²) < 4.78 is 3.30. The highest BCUT2D eigenvalue weighted by Gasteiger charge is 2.22. The molecular formula is C16H18BrN3S. The van der Waals surface area contributed by atoms with Crippen LogP contribution in [0.1, 0.15) is 29.0 Å². The third kappa shape index (κ3) is 2.65. The highest BCUT2D eigenvalue weighted by atomic mass is 79.9. The molecule has 2 N–H and O–H groups in total. The van der Waals surface area contributed by atoms with E-state index in [0.29, 0.717) is 0 Å². The first kappa shape index (κ1) is 14.8. The molecule has 0 bridgehead atoms. The first-order valence-corrected chi connectivity index (χ1v) is 8.58. The number of aryl methyl sites for hydroxylation is 2. The molecule has 0 spiro atoms. The molecule has 2 atom stereocenters. The summed E-state index contributed by atoms with van der Waals surface area (Å²) in [7, 11) is 0. The lowest BCUT2D eigenvalue weighted by Crippen LogP contribution is -2.29. The van der Waals surface area contributed by atoms with Crippen LogP contribution < -0.4 is 5.73 Å². The SMILES string of the molecule is Cc1cc2ncn(C(c3cc(Br)cs3)C(C)N)c2cc1C. The smallest absolute Gasteiger partial charge is 0.0964 e. The molecule has 0 radical (unpaired) electrons. The van der Waals surface area contributed by atoms with Gasteiger partial charge in [0.25, 0.3) is 0 Å². The number of benzene rings is 1. The van der Waals surface area contributed by atoms with Crippen LogP contribution in [-0.4, -0.2) is 15.6 Å². The average molecular weight is 364 g/mol. The molecule has 21 heavy (non-hydrogen) atoms. The lowest BCUT2D eigenvalue weighted by Gasteiger charge is -2.22. The van der Waals surface area contributed by atoms with Crippen LogP contribution in [0.15, 0.2) is 34.4 Å². The zero-order valence-corrected chi connectivity index (χ0v) is 14.7. The maximum Gasteiger partial charge on any atom is 0.0964 e. The molecule has 2 unspecified atom stereocenters. The van der Waals surface area contributed by atoms with E-state index >= 15 is 0 Å². The first-order chi connectivity index (χ1) is 9.97. The molecule has 0 saturated carbocycles. The van der Waals surface area contributed by atoms with E-state index < -0.39 is 0 Å². The van der Waals surface area contributed by atoms with Crippen LogP contribution in [0.5, 0.6) is 0 Å². The van der Waals surface area contributed by atoms with Crippen molar-refractivity contribution in [2.75, 3.05) is 0 Å². The third-order valence-electron chi connectivity index (χ3n) is 3.87. The molecule has 3 nitrogen and oxygen atoms in total. The van der Waals surface area contributed by atoms with Gasteiger partial charge in [0.1, 0.15) is 0 Å². The van der Waals surface area contributed by atoms with Crippen molar-refractivity contribution >= 4 is 38.3 Å². The van der Waals surface area contributed by atoms with Crippen LogP contribution in [0.4, 0.5) is 0 Å². The van der Waals surface area contributed by atoms with Gasteiger partial charge in [0.15, 0.2) is 0 Å². The van der Waals surface area contributed by atoms with Crippen molar-refractivity contribution in [3.63, 3.8) is 0 Å². The van der Waals surface area contributed by atoms with E-state index in [0.717, 1.165) is 15.5 Å². The summed E-state index contributed by atoms with van der Waals surface area (Å²) in [5.74, 6) is 0. The monoisotopic (exact) mass is 363 g/mol. The fraction of sp³-hybridized carbons (Fsp3) is 0.312. The second-order valence-corrected chi connectivity index (χ2v) is 7.41. The number of imidazole rings is 1. The van der Waals surface area contributed by atoms with Gasteiger partial charge in [-0.25, -0.2) is 4.98 Å². The Balaban J connectivity index is 2.18. The Morgan fingerprint density at radius 2 is 1.95 bits per heavy atom. The minimum Gasteiger partial charge on any atom is -0.326 e. The summed E-state index contributed by atoms with van der Waals surface area (Å²) in [5.41, 5.74) is 11.0. The number of aromatic nitrogens is 2. The summed E-state index contributed by atoms with van der Waals surface area (Å²) in [5, 5.41) is 2.10. The number of rotatable bonds is 3. The number of hydrogen-bond acceptors (Lipinski definition) is 3. The zero-order chi connectivity index (χ0) is 15.1. The lowest BCUT2D eigenvalue weighted by atomic mass is 10.1. The summed E-state index contributed by atoms with van der Waals surface area (Å²) in [6, 6.07) is 6.60. The molecule has 3 aromatic rings. The second-order valence-electron chi connectivity index (χ2n) is 5.55. The minimum atomic E-state index is 0.00885. The number of thiophene rings is 1. The largest absolute Gasteiger partial charge is 0.326 e. The molecule has 0 aliphatic carbocycles. The van der Waals surface area contributed by atoms with Gasteiger partial charge in [0, 0.05) is 20.8 Å². The van der Waals surface area contributed by atoms with Crippen molar-refractivity contribution in [2.24, 2.45) is 5.73 Å². The molecule has 0 amide bonds. The Hall–Kier alpha value is -1.17. The van der Waals surface area contributed by atoms with Crippen molar-refractivity contribution < 1.29 is 0 Å². The number of nitrogens with zero attached hydrogens (tertiary/aromatic N) is 2. The molecule has 110 valence electrons. The molecule has 0 fully saturated rings. The topological polar surface area (TPSA) is 43.8 Å². The Kier molecular flexibility index (Phi) is 3.90. The van der Waals surface area contributed by atoms with Crippen LogP contribution in [0.25, 0.3) is 11.0 Å². The maximum atomic E-state index is 6.27. The highest BCUT2D eigenvalue weighted by Crippen LogP contribution is 2.32. The normalized spacial score (nSPS) is 14.5. The van der Waals surface area contributed by atoms with E-state index in [2.05, 4.69) is 62.9 Å². The molecule has 0 saturated heterocycles. The fourth-order valence-corrected chi connectivity index (χ4v) is 4.29. The van der Waals surface area contributed by atoms with Gasteiger partial charge < -0.3 is 10.3 Å². The number of hydrogen-bond donors (Lipinski definition) is 1. The first-order valence-electron chi connectivity index (χ1n) is 6.90. The second kappa shape index (κ2) is 5.55.